The number of rotatable bonds is 2. The fourth-order valence-electron chi connectivity index (χ4n) is 1.03. The van der Waals surface area contributed by atoms with E-state index in [1.54, 1.807) is 0 Å². The second kappa shape index (κ2) is 4.57. The van der Waals surface area contributed by atoms with E-state index in [0.717, 1.165) is 18.2 Å². The van der Waals surface area contributed by atoms with Gasteiger partial charge in [-0.05, 0) is 23.8 Å². The van der Waals surface area contributed by atoms with Crippen LogP contribution in [-0.2, 0) is 11.0 Å². The first-order valence-corrected chi connectivity index (χ1v) is 4.44. The van der Waals surface area contributed by atoms with Crippen LogP contribution in [-0.4, -0.2) is 5.97 Å². The summed E-state index contributed by atoms with van der Waals surface area (Å²) in [5, 5.41) is 9.64. The van der Waals surface area contributed by atoms with Crippen molar-refractivity contribution in [2.24, 2.45) is 0 Å². The maximum absolute atomic E-state index is 12.4. The molecular formula is C10H5ClF3O2-. The molecule has 0 aliphatic rings. The van der Waals surface area contributed by atoms with E-state index in [-0.39, 0.29) is 5.56 Å². The maximum Gasteiger partial charge on any atom is 0.417 e. The van der Waals surface area contributed by atoms with Crippen molar-refractivity contribution in [3.05, 3.63) is 40.4 Å². The average molecular weight is 250 g/mol. The SMILES string of the molecule is O=C([O-])C=Cc1ccc(Cl)c(C(F)(F)F)c1. The van der Waals surface area contributed by atoms with Crippen molar-refractivity contribution in [2.75, 3.05) is 0 Å². The van der Waals surface area contributed by atoms with Crippen LogP contribution in [0.25, 0.3) is 6.08 Å². The van der Waals surface area contributed by atoms with Crippen molar-refractivity contribution in [1.82, 2.24) is 0 Å². The number of halogens is 4. The number of hydrogen-bond donors (Lipinski definition) is 0. The van der Waals surface area contributed by atoms with Crippen LogP contribution in [0.3, 0.4) is 0 Å². The minimum absolute atomic E-state index is 0.0842. The van der Waals surface area contributed by atoms with Gasteiger partial charge in [-0.25, -0.2) is 0 Å². The van der Waals surface area contributed by atoms with Gasteiger partial charge in [-0.2, -0.15) is 13.2 Å². The van der Waals surface area contributed by atoms with E-state index < -0.39 is 22.7 Å². The fraction of sp³-hybridized carbons (Fsp3) is 0.100. The number of carboxylic acids is 1. The predicted molar refractivity (Wildman–Crippen MR) is 50.5 cm³/mol. The van der Waals surface area contributed by atoms with Crippen molar-refractivity contribution < 1.29 is 23.1 Å². The van der Waals surface area contributed by atoms with Crippen molar-refractivity contribution in [1.29, 1.82) is 0 Å². The molecule has 1 rings (SSSR count). The highest BCUT2D eigenvalue weighted by molar-refractivity contribution is 6.31. The Kier molecular flexibility index (Phi) is 3.59. The van der Waals surface area contributed by atoms with Crippen LogP contribution >= 0.6 is 11.6 Å². The molecule has 0 aromatic heterocycles. The Hall–Kier alpha value is -1.49. The number of carboxylic acid groups (broad SMARTS) is 1. The van der Waals surface area contributed by atoms with Crippen molar-refractivity contribution in [2.45, 2.75) is 6.18 Å². The van der Waals surface area contributed by atoms with Gasteiger partial charge in [-0.1, -0.05) is 23.7 Å². The van der Waals surface area contributed by atoms with E-state index in [1.807, 2.05) is 0 Å². The van der Waals surface area contributed by atoms with E-state index >= 15 is 0 Å². The van der Waals surface area contributed by atoms with Gasteiger partial charge in [-0.3, -0.25) is 0 Å². The number of benzene rings is 1. The zero-order chi connectivity index (χ0) is 12.3. The zero-order valence-electron chi connectivity index (χ0n) is 7.72. The molecule has 1 aromatic carbocycles. The Morgan fingerprint density at radius 2 is 2.00 bits per heavy atom. The van der Waals surface area contributed by atoms with Crippen LogP contribution in [0.2, 0.25) is 5.02 Å². The summed E-state index contributed by atoms with van der Waals surface area (Å²) >= 11 is 5.37. The standard InChI is InChI=1S/C10H6ClF3O2/c11-8-3-1-6(2-4-9(15)16)5-7(8)10(12,13)14/h1-5H,(H,15,16)/p-1. The summed E-state index contributed by atoms with van der Waals surface area (Å²) < 4.78 is 37.2. The summed E-state index contributed by atoms with van der Waals surface area (Å²) in [6.07, 6.45) is -2.92. The summed E-state index contributed by atoms with van der Waals surface area (Å²) in [7, 11) is 0. The van der Waals surface area contributed by atoms with Crippen molar-refractivity contribution in [3.8, 4) is 0 Å². The number of carbonyl (C=O) groups is 1. The molecule has 0 atom stereocenters. The van der Waals surface area contributed by atoms with Gasteiger partial charge in [0.2, 0.25) is 0 Å². The lowest BCUT2D eigenvalue weighted by Gasteiger charge is -2.09. The molecule has 0 amide bonds. The first-order chi connectivity index (χ1) is 7.30. The largest absolute Gasteiger partial charge is 0.545 e. The lowest BCUT2D eigenvalue weighted by Crippen LogP contribution is -2.18. The van der Waals surface area contributed by atoms with Gasteiger partial charge >= 0.3 is 6.18 Å². The summed E-state index contributed by atoms with van der Waals surface area (Å²) in [5.41, 5.74) is -0.921. The summed E-state index contributed by atoms with van der Waals surface area (Å²) in [6, 6.07) is 3.10. The van der Waals surface area contributed by atoms with E-state index in [2.05, 4.69) is 0 Å². The molecule has 0 N–H and O–H groups in total. The van der Waals surface area contributed by atoms with Gasteiger partial charge in [0.05, 0.1) is 16.6 Å². The molecule has 86 valence electrons. The van der Waals surface area contributed by atoms with E-state index in [4.69, 9.17) is 11.6 Å². The lowest BCUT2D eigenvalue weighted by molar-refractivity contribution is -0.297. The quantitative estimate of drug-likeness (QED) is 0.753. The second-order valence-electron chi connectivity index (χ2n) is 2.89. The first-order valence-electron chi connectivity index (χ1n) is 4.06. The van der Waals surface area contributed by atoms with Crippen molar-refractivity contribution >= 4 is 23.6 Å². The minimum atomic E-state index is -4.57. The topological polar surface area (TPSA) is 40.1 Å². The lowest BCUT2D eigenvalue weighted by atomic mass is 10.1. The monoisotopic (exact) mass is 249 g/mol. The highest BCUT2D eigenvalue weighted by atomic mass is 35.5. The van der Waals surface area contributed by atoms with E-state index in [0.29, 0.717) is 6.08 Å². The Morgan fingerprint density at radius 1 is 1.38 bits per heavy atom. The van der Waals surface area contributed by atoms with Crippen LogP contribution in [0.1, 0.15) is 11.1 Å². The van der Waals surface area contributed by atoms with Gasteiger partial charge in [0.1, 0.15) is 0 Å². The minimum Gasteiger partial charge on any atom is -0.545 e. The molecule has 6 heteroatoms. The number of carbonyl (C=O) groups excluding carboxylic acids is 1. The number of aliphatic carboxylic acids is 1. The third-order valence-corrected chi connectivity index (χ3v) is 2.04. The smallest absolute Gasteiger partial charge is 0.417 e. The molecule has 0 saturated heterocycles. The predicted octanol–water partition coefficient (Wildman–Crippen LogP) is 2.12. The number of hydrogen-bond acceptors (Lipinski definition) is 2. The summed E-state index contributed by atoms with van der Waals surface area (Å²) in [4.78, 5) is 10.1. The van der Waals surface area contributed by atoms with Crippen molar-refractivity contribution in [3.63, 3.8) is 0 Å². The average Bonchev–Trinajstić information content (AvgIpc) is 2.14. The van der Waals surface area contributed by atoms with E-state index in [1.165, 1.54) is 6.07 Å². The molecule has 2 nitrogen and oxygen atoms in total. The third-order valence-electron chi connectivity index (χ3n) is 1.71. The van der Waals surface area contributed by atoms with E-state index in [9.17, 15) is 23.1 Å². The molecule has 0 spiro atoms. The van der Waals surface area contributed by atoms with Gasteiger partial charge in [0, 0.05) is 0 Å². The molecule has 0 aliphatic heterocycles. The highest BCUT2D eigenvalue weighted by Crippen LogP contribution is 2.35. The van der Waals surface area contributed by atoms with Crippen LogP contribution in [0, 0.1) is 0 Å². The van der Waals surface area contributed by atoms with Gasteiger partial charge in [-0.15, -0.1) is 0 Å². The molecular weight excluding hydrogens is 245 g/mol. The Bertz CT molecular complexity index is 438. The van der Waals surface area contributed by atoms with Crippen LogP contribution in [0.4, 0.5) is 13.2 Å². The molecule has 16 heavy (non-hydrogen) atoms. The molecule has 0 unspecified atom stereocenters. The van der Waals surface area contributed by atoms with Gasteiger partial charge < -0.3 is 9.90 Å². The molecule has 1 aromatic rings. The molecule has 0 saturated carbocycles. The Balaban J connectivity index is 3.13. The van der Waals surface area contributed by atoms with Gasteiger partial charge in [0.25, 0.3) is 0 Å². The fourth-order valence-corrected chi connectivity index (χ4v) is 1.25. The number of alkyl halides is 3. The Labute approximate surface area is 94.0 Å². The molecule has 0 fully saturated rings. The summed E-state index contributed by atoms with van der Waals surface area (Å²) in [5.74, 6) is -1.48. The molecule has 0 heterocycles. The zero-order valence-corrected chi connectivity index (χ0v) is 8.47. The second-order valence-corrected chi connectivity index (χ2v) is 3.30. The van der Waals surface area contributed by atoms with Gasteiger partial charge in [0.15, 0.2) is 0 Å². The first kappa shape index (κ1) is 12.6. The van der Waals surface area contributed by atoms with Crippen LogP contribution < -0.4 is 5.11 Å². The summed E-state index contributed by atoms with van der Waals surface area (Å²) in [6.45, 7) is 0. The normalized spacial score (nSPS) is 12.0. The maximum atomic E-state index is 12.4. The van der Waals surface area contributed by atoms with Crippen LogP contribution in [0.15, 0.2) is 24.3 Å². The molecule has 0 radical (unpaired) electrons. The highest BCUT2D eigenvalue weighted by Gasteiger charge is 2.33. The molecule has 0 aliphatic carbocycles. The third kappa shape index (κ3) is 3.27. The Morgan fingerprint density at radius 3 is 2.50 bits per heavy atom. The molecule has 0 bridgehead atoms. The van der Waals surface area contributed by atoms with Crippen LogP contribution in [0.5, 0.6) is 0 Å².